The number of nitrogens with zero attached hydrogens (tertiary/aromatic N) is 3. The molecule has 98 valence electrons. The molecule has 4 heteroatoms. The molecule has 0 fully saturated rings. The van der Waals surface area contributed by atoms with E-state index < -0.39 is 0 Å². The lowest BCUT2D eigenvalue weighted by atomic mass is 10.1. The van der Waals surface area contributed by atoms with Crippen molar-refractivity contribution in [1.82, 2.24) is 14.9 Å². The maximum atomic E-state index is 9.25. The van der Waals surface area contributed by atoms with Gasteiger partial charge in [-0.2, -0.15) is 5.26 Å². The van der Waals surface area contributed by atoms with Crippen molar-refractivity contribution >= 4 is 0 Å². The first kappa shape index (κ1) is 13.3. The SMILES string of the molecule is CC(C)CNCc1ccc(-n2ccnc2)c(C#N)c1. The Bertz CT molecular complexity index is 564. The van der Waals surface area contributed by atoms with Crippen LogP contribution in [0.15, 0.2) is 36.9 Å². The number of nitriles is 1. The van der Waals surface area contributed by atoms with Gasteiger partial charge in [0.1, 0.15) is 6.07 Å². The van der Waals surface area contributed by atoms with Gasteiger partial charge in [-0.05, 0) is 30.2 Å². The van der Waals surface area contributed by atoms with Crippen molar-refractivity contribution in [3.05, 3.63) is 48.0 Å². The van der Waals surface area contributed by atoms with Gasteiger partial charge in [0.05, 0.1) is 17.6 Å². The van der Waals surface area contributed by atoms with Gasteiger partial charge in [0.15, 0.2) is 0 Å². The van der Waals surface area contributed by atoms with E-state index in [-0.39, 0.29) is 0 Å². The van der Waals surface area contributed by atoms with E-state index in [1.807, 2.05) is 29.0 Å². The third kappa shape index (κ3) is 3.43. The van der Waals surface area contributed by atoms with Crippen LogP contribution in [0.2, 0.25) is 0 Å². The summed E-state index contributed by atoms with van der Waals surface area (Å²) >= 11 is 0. The van der Waals surface area contributed by atoms with Gasteiger partial charge >= 0.3 is 0 Å². The third-order valence-corrected chi connectivity index (χ3v) is 2.85. The molecule has 0 aliphatic rings. The van der Waals surface area contributed by atoms with Crippen LogP contribution in [0.25, 0.3) is 5.69 Å². The fraction of sp³-hybridized carbons (Fsp3) is 0.333. The number of aromatic nitrogens is 2. The molecule has 0 unspecified atom stereocenters. The normalized spacial score (nSPS) is 10.6. The van der Waals surface area contributed by atoms with Crippen LogP contribution in [0.1, 0.15) is 25.0 Å². The van der Waals surface area contributed by atoms with E-state index >= 15 is 0 Å². The minimum absolute atomic E-state index is 0.626. The van der Waals surface area contributed by atoms with Gasteiger partial charge in [-0.15, -0.1) is 0 Å². The minimum Gasteiger partial charge on any atom is -0.312 e. The lowest BCUT2D eigenvalue weighted by Crippen LogP contribution is -2.19. The van der Waals surface area contributed by atoms with Crippen molar-refractivity contribution in [3.8, 4) is 11.8 Å². The molecule has 0 saturated heterocycles. The monoisotopic (exact) mass is 254 g/mol. The van der Waals surface area contributed by atoms with Gasteiger partial charge in [-0.1, -0.05) is 19.9 Å². The predicted octanol–water partition coefficient (Wildman–Crippen LogP) is 2.49. The standard InChI is InChI=1S/C15H18N4/c1-12(2)9-18-10-13-3-4-15(14(7-13)8-16)19-6-5-17-11-19/h3-7,11-12,18H,9-10H2,1-2H3. The topological polar surface area (TPSA) is 53.6 Å². The van der Waals surface area contributed by atoms with Gasteiger partial charge in [-0.25, -0.2) is 4.98 Å². The molecule has 0 radical (unpaired) electrons. The predicted molar refractivity (Wildman–Crippen MR) is 74.8 cm³/mol. The lowest BCUT2D eigenvalue weighted by Gasteiger charge is -2.10. The zero-order valence-corrected chi connectivity index (χ0v) is 11.3. The fourth-order valence-corrected chi connectivity index (χ4v) is 1.91. The largest absolute Gasteiger partial charge is 0.312 e. The van der Waals surface area contributed by atoms with Crippen LogP contribution in [0, 0.1) is 17.2 Å². The van der Waals surface area contributed by atoms with E-state index in [1.54, 1.807) is 12.5 Å². The molecule has 0 saturated carbocycles. The van der Waals surface area contributed by atoms with Crippen LogP contribution in [0.4, 0.5) is 0 Å². The molecule has 0 aliphatic heterocycles. The molecule has 1 aromatic heterocycles. The molecule has 0 aliphatic carbocycles. The quantitative estimate of drug-likeness (QED) is 0.892. The number of hydrogen-bond acceptors (Lipinski definition) is 3. The highest BCUT2D eigenvalue weighted by atomic mass is 15.0. The second kappa shape index (κ2) is 6.17. The fourth-order valence-electron chi connectivity index (χ4n) is 1.91. The van der Waals surface area contributed by atoms with Crippen LogP contribution >= 0.6 is 0 Å². The van der Waals surface area contributed by atoms with E-state index in [4.69, 9.17) is 0 Å². The summed E-state index contributed by atoms with van der Waals surface area (Å²) < 4.78 is 1.85. The Morgan fingerprint density at radius 1 is 1.42 bits per heavy atom. The molecule has 0 amide bonds. The second-order valence-electron chi connectivity index (χ2n) is 4.96. The van der Waals surface area contributed by atoms with Crippen molar-refractivity contribution in [1.29, 1.82) is 5.26 Å². The van der Waals surface area contributed by atoms with Crippen molar-refractivity contribution < 1.29 is 0 Å². The summed E-state index contributed by atoms with van der Waals surface area (Å²) in [6.07, 6.45) is 5.25. The molecule has 0 bridgehead atoms. The Morgan fingerprint density at radius 3 is 2.89 bits per heavy atom. The summed E-state index contributed by atoms with van der Waals surface area (Å²) in [7, 11) is 0. The van der Waals surface area contributed by atoms with Crippen molar-refractivity contribution in [2.45, 2.75) is 20.4 Å². The number of rotatable bonds is 5. The zero-order chi connectivity index (χ0) is 13.7. The Morgan fingerprint density at radius 2 is 2.26 bits per heavy atom. The first-order valence-electron chi connectivity index (χ1n) is 6.42. The average Bonchev–Trinajstić information content (AvgIpc) is 2.92. The molecule has 19 heavy (non-hydrogen) atoms. The summed E-state index contributed by atoms with van der Waals surface area (Å²) in [5.41, 5.74) is 2.66. The lowest BCUT2D eigenvalue weighted by molar-refractivity contribution is 0.552. The van der Waals surface area contributed by atoms with Gasteiger partial charge in [-0.3, -0.25) is 0 Å². The summed E-state index contributed by atoms with van der Waals surface area (Å²) in [4.78, 5) is 4.01. The number of hydrogen-bond donors (Lipinski definition) is 1. The minimum atomic E-state index is 0.626. The molecule has 4 nitrogen and oxygen atoms in total. The van der Waals surface area contributed by atoms with E-state index in [2.05, 4.69) is 30.2 Å². The van der Waals surface area contributed by atoms with Crippen molar-refractivity contribution in [2.24, 2.45) is 5.92 Å². The molecular weight excluding hydrogens is 236 g/mol. The van der Waals surface area contributed by atoms with E-state index in [1.165, 1.54) is 0 Å². The highest BCUT2D eigenvalue weighted by Gasteiger charge is 2.05. The van der Waals surface area contributed by atoms with Crippen molar-refractivity contribution in [3.63, 3.8) is 0 Å². The summed E-state index contributed by atoms with van der Waals surface area (Å²) in [5.74, 6) is 0.626. The maximum Gasteiger partial charge on any atom is 0.101 e. The Balaban J connectivity index is 2.15. The van der Waals surface area contributed by atoms with Crippen LogP contribution in [0.3, 0.4) is 0 Å². The van der Waals surface area contributed by atoms with Crippen molar-refractivity contribution in [2.75, 3.05) is 6.54 Å². The average molecular weight is 254 g/mol. The summed E-state index contributed by atoms with van der Waals surface area (Å²) in [5, 5.41) is 12.6. The van der Waals surface area contributed by atoms with Crippen LogP contribution in [-0.4, -0.2) is 16.1 Å². The number of benzene rings is 1. The van der Waals surface area contributed by atoms with Gasteiger partial charge in [0.2, 0.25) is 0 Å². The Kier molecular flexibility index (Phi) is 4.32. The molecule has 1 heterocycles. The third-order valence-electron chi connectivity index (χ3n) is 2.85. The van der Waals surface area contributed by atoms with Crippen LogP contribution in [-0.2, 0) is 6.54 Å². The summed E-state index contributed by atoms with van der Waals surface area (Å²) in [6.45, 7) is 6.12. The number of nitrogens with one attached hydrogen (secondary N) is 1. The second-order valence-corrected chi connectivity index (χ2v) is 4.96. The molecule has 0 atom stereocenters. The first-order chi connectivity index (χ1) is 9.20. The molecule has 2 rings (SSSR count). The highest BCUT2D eigenvalue weighted by molar-refractivity contribution is 5.50. The zero-order valence-electron chi connectivity index (χ0n) is 11.3. The maximum absolute atomic E-state index is 9.25. The Hall–Kier alpha value is -2.12. The number of imidazole rings is 1. The van der Waals surface area contributed by atoms with Gasteiger partial charge in [0, 0.05) is 18.9 Å². The molecule has 1 N–H and O–H groups in total. The van der Waals surface area contributed by atoms with E-state index in [0.29, 0.717) is 11.5 Å². The molecule has 2 aromatic rings. The van der Waals surface area contributed by atoms with Crippen LogP contribution < -0.4 is 5.32 Å². The van der Waals surface area contributed by atoms with Crippen LogP contribution in [0.5, 0.6) is 0 Å². The highest BCUT2D eigenvalue weighted by Crippen LogP contribution is 2.15. The van der Waals surface area contributed by atoms with Gasteiger partial charge in [0.25, 0.3) is 0 Å². The smallest absolute Gasteiger partial charge is 0.101 e. The van der Waals surface area contributed by atoms with E-state index in [9.17, 15) is 5.26 Å². The molecule has 0 spiro atoms. The summed E-state index contributed by atoms with van der Waals surface area (Å²) in [6, 6.07) is 8.19. The molecular formula is C15H18N4. The van der Waals surface area contributed by atoms with Gasteiger partial charge < -0.3 is 9.88 Å². The first-order valence-corrected chi connectivity index (χ1v) is 6.42. The Labute approximate surface area is 113 Å². The molecule has 1 aromatic carbocycles. The van der Waals surface area contributed by atoms with E-state index in [0.717, 1.165) is 24.3 Å².